The molecule has 17 heavy (non-hydrogen) atoms. The number of benzene rings is 1. The molecule has 0 unspecified atom stereocenters. The van der Waals surface area contributed by atoms with E-state index in [1.165, 1.54) is 25.4 Å². The number of hydrogen-bond donors (Lipinski definition) is 1. The Kier molecular flexibility index (Phi) is 2.91. The van der Waals surface area contributed by atoms with Crippen LogP contribution in [0.1, 0.15) is 0 Å². The summed E-state index contributed by atoms with van der Waals surface area (Å²) in [7, 11) is 1.43. The van der Waals surface area contributed by atoms with Crippen LogP contribution >= 0.6 is 0 Å². The lowest BCUT2D eigenvalue weighted by atomic mass is 10.1. The topological polar surface area (TPSA) is 48.1 Å². The average Bonchev–Trinajstić information content (AvgIpc) is 2.27. The molecule has 2 aromatic rings. The summed E-state index contributed by atoms with van der Waals surface area (Å²) in [5.74, 6) is -1.06. The summed E-state index contributed by atoms with van der Waals surface area (Å²) in [6.45, 7) is 0. The van der Waals surface area contributed by atoms with Crippen LogP contribution in [0.2, 0.25) is 0 Å². The summed E-state index contributed by atoms with van der Waals surface area (Å²) < 4.78 is 31.3. The van der Waals surface area contributed by atoms with Gasteiger partial charge in [0.2, 0.25) is 5.88 Å². The molecule has 0 spiro atoms. The zero-order valence-electron chi connectivity index (χ0n) is 9.08. The van der Waals surface area contributed by atoms with Crippen LogP contribution in [-0.2, 0) is 0 Å². The van der Waals surface area contributed by atoms with Crippen molar-refractivity contribution < 1.29 is 13.5 Å². The number of ether oxygens (including phenoxy) is 1. The van der Waals surface area contributed by atoms with Crippen molar-refractivity contribution in [1.29, 1.82) is 0 Å². The minimum atomic E-state index is -0.663. The molecular weight excluding hydrogens is 226 g/mol. The highest BCUT2D eigenvalue weighted by molar-refractivity contribution is 5.71. The minimum Gasteiger partial charge on any atom is -0.481 e. The van der Waals surface area contributed by atoms with Crippen molar-refractivity contribution in [1.82, 2.24) is 4.98 Å². The number of nitrogens with two attached hydrogens (primary N) is 1. The van der Waals surface area contributed by atoms with Gasteiger partial charge >= 0.3 is 0 Å². The molecule has 2 rings (SSSR count). The van der Waals surface area contributed by atoms with Gasteiger partial charge in [0.15, 0.2) is 0 Å². The smallest absolute Gasteiger partial charge is 0.221 e. The summed E-state index contributed by atoms with van der Waals surface area (Å²) in [6, 6.07) is 4.75. The van der Waals surface area contributed by atoms with Gasteiger partial charge in [0.1, 0.15) is 11.6 Å². The molecule has 1 heterocycles. The fourth-order valence-electron chi connectivity index (χ4n) is 1.55. The largest absolute Gasteiger partial charge is 0.481 e. The van der Waals surface area contributed by atoms with Crippen LogP contribution in [0.15, 0.2) is 30.5 Å². The summed E-state index contributed by atoms with van der Waals surface area (Å²) in [5, 5.41) is 0. The van der Waals surface area contributed by atoms with Gasteiger partial charge < -0.3 is 10.5 Å². The maximum Gasteiger partial charge on any atom is 0.221 e. The molecule has 2 N–H and O–H groups in total. The maximum atomic E-state index is 13.1. The number of pyridine rings is 1. The predicted molar refractivity (Wildman–Crippen MR) is 60.6 cm³/mol. The Balaban J connectivity index is 2.62. The Morgan fingerprint density at radius 1 is 1.12 bits per heavy atom. The van der Waals surface area contributed by atoms with E-state index in [0.717, 1.165) is 6.07 Å². The highest BCUT2D eigenvalue weighted by atomic mass is 19.1. The van der Waals surface area contributed by atoms with Gasteiger partial charge in [-0.1, -0.05) is 0 Å². The first-order valence-electron chi connectivity index (χ1n) is 4.86. The lowest BCUT2D eigenvalue weighted by Gasteiger charge is -2.08. The first-order chi connectivity index (χ1) is 8.10. The van der Waals surface area contributed by atoms with Crippen molar-refractivity contribution in [3.63, 3.8) is 0 Å². The highest BCUT2D eigenvalue weighted by Crippen LogP contribution is 2.30. The van der Waals surface area contributed by atoms with Gasteiger partial charge in [0.05, 0.1) is 19.0 Å². The second-order valence-electron chi connectivity index (χ2n) is 3.48. The van der Waals surface area contributed by atoms with Crippen LogP contribution in [0.5, 0.6) is 5.88 Å². The van der Waals surface area contributed by atoms with Crippen LogP contribution in [0.4, 0.5) is 14.5 Å². The quantitative estimate of drug-likeness (QED) is 0.871. The maximum absolute atomic E-state index is 13.1. The van der Waals surface area contributed by atoms with E-state index in [4.69, 9.17) is 10.5 Å². The molecule has 0 atom stereocenters. The molecule has 88 valence electrons. The molecular formula is C12H10F2N2O. The van der Waals surface area contributed by atoms with Crippen molar-refractivity contribution in [3.8, 4) is 17.0 Å². The van der Waals surface area contributed by atoms with Gasteiger partial charge in [0, 0.05) is 11.6 Å². The Labute approximate surface area is 96.9 Å². The van der Waals surface area contributed by atoms with Crippen LogP contribution in [-0.4, -0.2) is 12.1 Å². The van der Waals surface area contributed by atoms with E-state index in [-0.39, 0.29) is 5.88 Å². The molecule has 0 saturated heterocycles. The standard InChI is InChI=1S/C12H10F2N2O/c1-17-12-11(5-10(15)6-16-12)7-2-8(13)4-9(14)3-7/h2-6H,15H2,1H3. The van der Waals surface area contributed by atoms with Crippen molar-refractivity contribution >= 4 is 5.69 Å². The van der Waals surface area contributed by atoms with Crippen molar-refractivity contribution in [2.75, 3.05) is 12.8 Å². The van der Waals surface area contributed by atoms with Gasteiger partial charge in [-0.2, -0.15) is 0 Å². The van der Waals surface area contributed by atoms with Gasteiger partial charge in [0.25, 0.3) is 0 Å². The fraction of sp³-hybridized carbons (Fsp3) is 0.0833. The van der Waals surface area contributed by atoms with Crippen LogP contribution < -0.4 is 10.5 Å². The highest BCUT2D eigenvalue weighted by Gasteiger charge is 2.10. The third kappa shape index (κ3) is 2.33. The van der Waals surface area contributed by atoms with Gasteiger partial charge in [-0.3, -0.25) is 0 Å². The molecule has 1 aromatic heterocycles. The van der Waals surface area contributed by atoms with E-state index >= 15 is 0 Å². The van der Waals surface area contributed by atoms with E-state index in [1.807, 2.05) is 0 Å². The fourth-order valence-corrected chi connectivity index (χ4v) is 1.55. The lowest BCUT2D eigenvalue weighted by molar-refractivity contribution is 0.400. The number of nitrogens with zero attached hydrogens (tertiary/aromatic N) is 1. The summed E-state index contributed by atoms with van der Waals surface area (Å²) >= 11 is 0. The number of nitrogen functional groups attached to an aromatic ring is 1. The zero-order valence-corrected chi connectivity index (χ0v) is 9.08. The van der Waals surface area contributed by atoms with Crippen LogP contribution in [0, 0.1) is 11.6 Å². The van der Waals surface area contributed by atoms with E-state index < -0.39 is 11.6 Å². The van der Waals surface area contributed by atoms with Crippen molar-refractivity contribution in [2.24, 2.45) is 0 Å². The third-order valence-corrected chi connectivity index (χ3v) is 2.24. The van der Waals surface area contributed by atoms with Gasteiger partial charge in [-0.15, -0.1) is 0 Å². The normalized spacial score (nSPS) is 10.3. The van der Waals surface area contributed by atoms with Gasteiger partial charge in [-0.25, -0.2) is 13.8 Å². The number of aromatic nitrogens is 1. The molecule has 0 bridgehead atoms. The predicted octanol–water partition coefficient (Wildman–Crippen LogP) is 2.62. The number of halogens is 2. The van der Waals surface area contributed by atoms with E-state index in [9.17, 15) is 8.78 Å². The number of hydrogen-bond acceptors (Lipinski definition) is 3. The van der Waals surface area contributed by atoms with E-state index in [2.05, 4.69) is 4.98 Å². The molecule has 0 radical (unpaired) electrons. The zero-order chi connectivity index (χ0) is 12.4. The SMILES string of the molecule is COc1ncc(N)cc1-c1cc(F)cc(F)c1. The lowest BCUT2D eigenvalue weighted by Crippen LogP contribution is -1.95. The van der Waals surface area contributed by atoms with Crippen molar-refractivity contribution in [2.45, 2.75) is 0 Å². The Bertz CT molecular complexity index is 538. The summed E-state index contributed by atoms with van der Waals surface area (Å²) in [4.78, 5) is 3.94. The summed E-state index contributed by atoms with van der Waals surface area (Å²) in [6.07, 6.45) is 1.41. The molecule has 0 amide bonds. The Morgan fingerprint density at radius 3 is 2.35 bits per heavy atom. The van der Waals surface area contributed by atoms with Crippen LogP contribution in [0.3, 0.4) is 0 Å². The molecule has 5 heteroatoms. The van der Waals surface area contributed by atoms with Crippen LogP contribution in [0.25, 0.3) is 11.1 Å². The minimum absolute atomic E-state index is 0.268. The molecule has 0 fully saturated rings. The molecule has 3 nitrogen and oxygen atoms in total. The average molecular weight is 236 g/mol. The number of methoxy groups -OCH3 is 1. The van der Waals surface area contributed by atoms with E-state index in [1.54, 1.807) is 6.07 Å². The Morgan fingerprint density at radius 2 is 1.76 bits per heavy atom. The number of anilines is 1. The van der Waals surface area contributed by atoms with Gasteiger partial charge in [-0.05, 0) is 23.8 Å². The molecule has 1 aromatic carbocycles. The molecule has 0 aliphatic heterocycles. The van der Waals surface area contributed by atoms with E-state index in [0.29, 0.717) is 16.8 Å². The second kappa shape index (κ2) is 4.37. The Hall–Kier alpha value is -2.17. The third-order valence-electron chi connectivity index (χ3n) is 2.24. The number of rotatable bonds is 2. The monoisotopic (exact) mass is 236 g/mol. The molecule has 0 aliphatic carbocycles. The first-order valence-corrected chi connectivity index (χ1v) is 4.86. The summed E-state index contributed by atoms with van der Waals surface area (Å²) in [5.41, 5.74) is 6.77. The first kappa shape index (κ1) is 11.3. The second-order valence-corrected chi connectivity index (χ2v) is 3.48. The molecule has 0 aliphatic rings. The molecule has 0 saturated carbocycles. The van der Waals surface area contributed by atoms with Crippen molar-refractivity contribution in [3.05, 3.63) is 42.1 Å².